The predicted molar refractivity (Wildman–Crippen MR) is 121 cm³/mol. The summed E-state index contributed by atoms with van der Waals surface area (Å²) in [6.07, 6.45) is 1.57. The van der Waals surface area contributed by atoms with Crippen LogP contribution >= 0.6 is 0 Å². The molecule has 5 heteroatoms. The Bertz CT molecular complexity index is 961. The van der Waals surface area contributed by atoms with Gasteiger partial charge in [0.2, 0.25) is 5.91 Å². The normalized spacial score (nSPS) is 20.8. The summed E-state index contributed by atoms with van der Waals surface area (Å²) >= 11 is 0. The van der Waals surface area contributed by atoms with E-state index < -0.39 is 0 Å². The van der Waals surface area contributed by atoms with Crippen LogP contribution in [0, 0.1) is 11.8 Å². The summed E-state index contributed by atoms with van der Waals surface area (Å²) < 4.78 is 2.01. The minimum Gasteiger partial charge on any atom is -0.356 e. The van der Waals surface area contributed by atoms with Crippen LogP contribution in [0.1, 0.15) is 44.4 Å². The monoisotopic (exact) mass is 407 g/mol. The second kappa shape index (κ2) is 8.76. The Morgan fingerprint density at radius 2 is 1.87 bits per heavy atom. The summed E-state index contributed by atoms with van der Waals surface area (Å²) in [6, 6.07) is 12.0. The van der Waals surface area contributed by atoms with Crippen molar-refractivity contribution in [1.29, 1.82) is 0 Å². The van der Waals surface area contributed by atoms with Gasteiger partial charge in [0.25, 0.3) is 5.56 Å². The molecule has 2 aliphatic rings. The van der Waals surface area contributed by atoms with Crippen molar-refractivity contribution in [3.05, 3.63) is 58.0 Å². The summed E-state index contributed by atoms with van der Waals surface area (Å²) in [4.78, 5) is 27.3. The number of piperidine rings is 1. The van der Waals surface area contributed by atoms with E-state index >= 15 is 0 Å². The Balaban J connectivity index is 1.58. The van der Waals surface area contributed by atoms with Crippen LogP contribution in [0.2, 0.25) is 0 Å². The molecule has 30 heavy (non-hydrogen) atoms. The molecule has 3 heterocycles. The highest BCUT2D eigenvalue weighted by Crippen LogP contribution is 2.36. The SMILES string of the molecule is CCNC(=O)Cc1ccc(-c2cc3n(c(=O)c2)C[C@H]2C[C@@H]3CN(CC(C)C)C2)cc1. The number of rotatable bonds is 6. The van der Waals surface area contributed by atoms with Crippen LogP contribution in [-0.2, 0) is 17.8 Å². The summed E-state index contributed by atoms with van der Waals surface area (Å²) in [5, 5.41) is 2.83. The van der Waals surface area contributed by atoms with Crippen molar-refractivity contribution in [2.45, 2.75) is 46.1 Å². The third-order valence-electron chi connectivity index (χ3n) is 6.28. The van der Waals surface area contributed by atoms with E-state index in [1.54, 1.807) is 6.07 Å². The number of aromatic nitrogens is 1. The Kier molecular flexibility index (Phi) is 6.09. The van der Waals surface area contributed by atoms with Gasteiger partial charge in [-0.1, -0.05) is 38.1 Å². The topological polar surface area (TPSA) is 54.3 Å². The fraction of sp³-hybridized carbons (Fsp3) is 0.520. The maximum atomic E-state index is 12.9. The number of likely N-dealkylation sites (N-methyl/N-ethyl adjacent to an activating group) is 1. The number of nitrogens with zero attached hydrogens (tertiary/aromatic N) is 2. The van der Waals surface area contributed by atoms with Crippen LogP contribution in [0.25, 0.3) is 11.1 Å². The molecule has 1 amide bonds. The quantitative estimate of drug-likeness (QED) is 0.800. The maximum Gasteiger partial charge on any atom is 0.251 e. The number of benzene rings is 1. The van der Waals surface area contributed by atoms with Crippen LogP contribution in [0.15, 0.2) is 41.2 Å². The third-order valence-corrected chi connectivity index (χ3v) is 6.28. The van der Waals surface area contributed by atoms with E-state index in [1.807, 2.05) is 35.8 Å². The Morgan fingerprint density at radius 1 is 1.10 bits per heavy atom. The van der Waals surface area contributed by atoms with E-state index in [0.717, 1.165) is 42.9 Å². The highest BCUT2D eigenvalue weighted by molar-refractivity contribution is 5.78. The second-order valence-corrected chi connectivity index (χ2v) is 9.36. The van der Waals surface area contributed by atoms with Crippen molar-refractivity contribution < 1.29 is 4.79 Å². The molecule has 0 unspecified atom stereocenters. The number of fused-ring (bicyclic) bond motifs is 4. The van der Waals surface area contributed by atoms with Crippen LogP contribution in [0.4, 0.5) is 0 Å². The van der Waals surface area contributed by atoms with Gasteiger partial charge in [0, 0.05) is 50.4 Å². The number of amides is 1. The van der Waals surface area contributed by atoms with Gasteiger partial charge in [0.05, 0.1) is 6.42 Å². The summed E-state index contributed by atoms with van der Waals surface area (Å²) in [6.45, 7) is 11.2. The Labute approximate surface area is 179 Å². The van der Waals surface area contributed by atoms with E-state index in [4.69, 9.17) is 0 Å². The molecule has 2 atom stereocenters. The van der Waals surface area contributed by atoms with Gasteiger partial charge in [-0.05, 0) is 47.9 Å². The van der Waals surface area contributed by atoms with Gasteiger partial charge in [-0.25, -0.2) is 0 Å². The number of carbonyl (C=O) groups is 1. The van der Waals surface area contributed by atoms with E-state index in [1.165, 1.54) is 12.1 Å². The van der Waals surface area contributed by atoms with Crippen LogP contribution < -0.4 is 10.9 Å². The molecule has 1 aromatic heterocycles. The van der Waals surface area contributed by atoms with Gasteiger partial charge < -0.3 is 14.8 Å². The van der Waals surface area contributed by atoms with Gasteiger partial charge in [0.1, 0.15) is 0 Å². The molecule has 2 aliphatic heterocycles. The van der Waals surface area contributed by atoms with Crippen molar-refractivity contribution in [2.24, 2.45) is 11.8 Å². The largest absolute Gasteiger partial charge is 0.356 e. The molecule has 1 N–H and O–H groups in total. The molecule has 0 saturated carbocycles. The van der Waals surface area contributed by atoms with Crippen LogP contribution in [0.5, 0.6) is 0 Å². The predicted octanol–water partition coefficient (Wildman–Crippen LogP) is 3.27. The van der Waals surface area contributed by atoms with Gasteiger partial charge in [-0.3, -0.25) is 9.59 Å². The number of carbonyl (C=O) groups excluding carboxylic acids is 1. The lowest BCUT2D eigenvalue weighted by Gasteiger charge is -2.43. The molecule has 0 spiro atoms. The van der Waals surface area contributed by atoms with Crippen LogP contribution in [0.3, 0.4) is 0 Å². The zero-order valence-corrected chi connectivity index (χ0v) is 18.4. The van der Waals surface area contributed by atoms with E-state index in [2.05, 4.69) is 30.1 Å². The number of nitrogens with one attached hydrogen (secondary N) is 1. The van der Waals surface area contributed by atoms with Crippen molar-refractivity contribution in [2.75, 3.05) is 26.2 Å². The molecule has 2 bridgehead atoms. The lowest BCUT2D eigenvalue weighted by Crippen LogP contribution is -2.48. The zero-order valence-electron chi connectivity index (χ0n) is 18.4. The highest BCUT2D eigenvalue weighted by atomic mass is 16.1. The molecule has 2 aromatic rings. The van der Waals surface area contributed by atoms with E-state index in [0.29, 0.717) is 30.7 Å². The molecule has 0 radical (unpaired) electrons. The summed E-state index contributed by atoms with van der Waals surface area (Å²) in [7, 11) is 0. The van der Waals surface area contributed by atoms with E-state index in [9.17, 15) is 9.59 Å². The summed E-state index contributed by atoms with van der Waals surface area (Å²) in [5.74, 6) is 1.71. The molecule has 4 rings (SSSR count). The van der Waals surface area contributed by atoms with Crippen molar-refractivity contribution in [1.82, 2.24) is 14.8 Å². The highest BCUT2D eigenvalue weighted by Gasteiger charge is 2.34. The first-order valence-electron chi connectivity index (χ1n) is 11.3. The van der Waals surface area contributed by atoms with Gasteiger partial charge >= 0.3 is 0 Å². The third kappa shape index (κ3) is 4.51. The fourth-order valence-corrected chi connectivity index (χ4v) is 5.15. The molecule has 1 fully saturated rings. The molecule has 160 valence electrons. The Hall–Kier alpha value is -2.40. The first-order valence-corrected chi connectivity index (χ1v) is 11.3. The first kappa shape index (κ1) is 20.9. The first-order chi connectivity index (χ1) is 14.4. The van der Waals surface area contributed by atoms with Crippen molar-refractivity contribution in [3.63, 3.8) is 0 Å². The standard InChI is InChI=1S/C25H33N3O2/c1-4-26-24(29)10-18-5-7-20(8-6-18)21-11-23-22-9-19(15-28(23)25(30)12-21)14-27(16-22)13-17(2)3/h5-8,11-12,17,19,22H,4,9-10,13-16H2,1-3H3,(H,26,29)/t19-,22+/m0/s1. The van der Waals surface area contributed by atoms with Crippen LogP contribution in [-0.4, -0.2) is 41.6 Å². The molecule has 5 nitrogen and oxygen atoms in total. The minimum absolute atomic E-state index is 0.0371. The zero-order chi connectivity index (χ0) is 21.3. The number of likely N-dealkylation sites (tertiary alicyclic amines) is 1. The summed E-state index contributed by atoms with van der Waals surface area (Å²) in [5.41, 5.74) is 4.30. The van der Waals surface area contributed by atoms with Crippen molar-refractivity contribution >= 4 is 5.91 Å². The molecular weight excluding hydrogens is 374 g/mol. The second-order valence-electron chi connectivity index (χ2n) is 9.36. The minimum atomic E-state index is 0.0371. The number of hydrogen-bond acceptors (Lipinski definition) is 3. The average Bonchev–Trinajstić information content (AvgIpc) is 2.69. The van der Waals surface area contributed by atoms with Gasteiger partial charge in [-0.15, -0.1) is 0 Å². The lowest BCUT2D eigenvalue weighted by molar-refractivity contribution is -0.120. The molecular formula is C25H33N3O2. The van der Waals surface area contributed by atoms with Crippen molar-refractivity contribution in [3.8, 4) is 11.1 Å². The lowest BCUT2D eigenvalue weighted by atomic mass is 9.82. The van der Waals surface area contributed by atoms with Gasteiger partial charge in [0.15, 0.2) is 0 Å². The number of pyridine rings is 1. The van der Waals surface area contributed by atoms with E-state index in [-0.39, 0.29) is 11.5 Å². The smallest absolute Gasteiger partial charge is 0.251 e. The molecule has 0 aliphatic carbocycles. The molecule has 1 aromatic carbocycles. The molecule has 1 saturated heterocycles. The van der Waals surface area contributed by atoms with Gasteiger partial charge in [-0.2, -0.15) is 0 Å². The Morgan fingerprint density at radius 3 is 2.57 bits per heavy atom. The average molecular weight is 408 g/mol. The maximum absolute atomic E-state index is 12.9. The fourth-order valence-electron chi connectivity index (χ4n) is 5.15. The number of hydrogen-bond donors (Lipinski definition) is 1.